The molecule has 0 radical (unpaired) electrons. The third-order valence-electron chi connectivity index (χ3n) is 3.12. The number of carbonyl (C=O) groups is 1. The minimum atomic E-state index is 0.0580. The number of amides is 1. The van der Waals surface area contributed by atoms with Gasteiger partial charge in [0.25, 0.3) is 0 Å². The van der Waals surface area contributed by atoms with Crippen LogP contribution < -0.4 is 10.6 Å². The summed E-state index contributed by atoms with van der Waals surface area (Å²) in [6, 6.07) is 0. The molecular formula is C12H25N3O. The summed E-state index contributed by atoms with van der Waals surface area (Å²) in [5.74, 6) is 0.184. The van der Waals surface area contributed by atoms with Crippen molar-refractivity contribution in [2.75, 3.05) is 26.7 Å². The highest BCUT2D eigenvalue weighted by Gasteiger charge is 2.16. The summed E-state index contributed by atoms with van der Waals surface area (Å²) in [6.45, 7) is 7.35. The summed E-state index contributed by atoms with van der Waals surface area (Å²) in [4.78, 5) is 14.0. The molecule has 0 aromatic rings. The molecule has 0 spiro atoms. The molecule has 1 atom stereocenters. The third kappa shape index (κ3) is 4.49. The van der Waals surface area contributed by atoms with Crippen molar-refractivity contribution in [3.05, 3.63) is 0 Å². The Morgan fingerprint density at radius 1 is 1.31 bits per heavy atom. The average Bonchev–Trinajstić information content (AvgIpc) is 2.76. The quantitative estimate of drug-likeness (QED) is 0.659. The maximum absolute atomic E-state index is 11.5. The maximum atomic E-state index is 11.5. The highest BCUT2D eigenvalue weighted by atomic mass is 16.2. The van der Waals surface area contributed by atoms with E-state index in [0.29, 0.717) is 0 Å². The maximum Gasteiger partial charge on any atom is 0.223 e. The Labute approximate surface area is 98.8 Å². The molecule has 1 heterocycles. The van der Waals surface area contributed by atoms with Gasteiger partial charge in [0.1, 0.15) is 0 Å². The van der Waals surface area contributed by atoms with Gasteiger partial charge in [0.15, 0.2) is 0 Å². The number of hydrogen-bond donors (Lipinski definition) is 2. The van der Waals surface area contributed by atoms with E-state index in [-0.39, 0.29) is 18.0 Å². The number of hydrogen-bond acceptors (Lipinski definition) is 3. The monoisotopic (exact) mass is 227 g/mol. The van der Waals surface area contributed by atoms with E-state index in [2.05, 4.69) is 15.5 Å². The largest absolute Gasteiger partial charge is 0.341 e. The van der Waals surface area contributed by atoms with Crippen LogP contribution in [0.1, 0.15) is 33.1 Å². The van der Waals surface area contributed by atoms with E-state index in [1.807, 2.05) is 20.9 Å². The summed E-state index contributed by atoms with van der Waals surface area (Å²) < 4.78 is 0. The molecule has 2 N–H and O–H groups in total. The van der Waals surface area contributed by atoms with Crippen LogP contribution in [0.15, 0.2) is 0 Å². The lowest BCUT2D eigenvalue weighted by Gasteiger charge is -2.22. The van der Waals surface area contributed by atoms with Gasteiger partial charge >= 0.3 is 0 Å². The first-order valence-corrected chi connectivity index (χ1v) is 6.33. The molecule has 1 rings (SSSR count). The molecular weight excluding hydrogens is 202 g/mol. The molecule has 1 fully saturated rings. The fraction of sp³-hybridized carbons (Fsp3) is 0.917. The Kier molecular flexibility index (Phi) is 5.77. The lowest BCUT2D eigenvalue weighted by molar-refractivity contribution is -0.124. The summed E-state index contributed by atoms with van der Waals surface area (Å²) in [7, 11) is 1.90. The molecule has 1 amide bonds. The van der Waals surface area contributed by atoms with Gasteiger partial charge in [0.05, 0.1) is 6.17 Å². The van der Waals surface area contributed by atoms with Gasteiger partial charge in [0, 0.05) is 12.5 Å². The van der Waals surface area contributed by atoms with Crippen LogP contribution in [0, 0.1) is 5.92 Å². The zero-order valence-corrected chi connectivity index (χ0v) is 10.8. The number of likely N-dealkylation sites (tertiary alicyclic amines) is 1. The Morgan fingerprint density at radius 3 is 2.44 bits per heavy atom. The predicted molar refractivity (Wildman–Crippen MR) is 66.1 cm³/mol. The minimum absolute atomic E-state index is 0.0580. The van der Waals surface area contributed by atoms with Gasteiger partial charge in [-0.05, 0) is 39.4 Å². The number of carbonyl (C=O) groups excluding carboxylic acids is 1. The second kappa shape index (κ2) is 6.86. The Bertz CT molecular complexity index is 212. The Balaban J connectivity index is 2.22. The molecule has 94 valence electrons. The molecule has 1 aliphatic rings. The summed E-state index contributed by atoms with van der Waals surface area (Å²) in [5.41, 5.74) is 0. The van der Waals surface area contributed by atoms with Gasteiger partial charge in [-0.1, -0.05) is 13.8 Å². The van der Waals surface area contributed by atoms with Crippen molar-refractivity contribution < 1.29 is 4.79 Å². The van der Waals surface area contributed by atoms with E-state index < -0.39 is 0 Å². The molecule has 0 unspecified atom stereocenters. The van der Waals surface area contributed by atoms with Crippen molar-refractivity contribution in [1.82, 2.24) is 15.5 Å². The van der Waals surface area contributed by atoms with Crippen LogP contribution in [0.5, 0.6) is 0 Å². The molecule has 0 aromatic carbocycles. The van der Waals surface area contributed by atoms with Crippen LogP contribution in [0.3, 0.4) is 0 Å². The van der Waals surface area contributed by atoms with E-state index >= 15 is 0 Å². The third-order valence-corrected chi connectivity index (χ3v) is 3.12. The molecule has 4 heteroatoms. The molecule has 1 aliphatic heterocycles. The van der Waals surface area contributed by atoms with Crippen LogP contribution in [-0.4, -0.2) is 43.7 Å². The van der Waals surface area contributed by atoms with Crippen LogP contribution in [-0.2, 0) is 4.79 Å². The lowest BCUT2D eigenvalue weighted by atomic mass is 10.2. The predicted octanol–water partition coefficient (Wildman–Crippen LogP) is 0.790. The zero-order chi connectivity index (χ0) is 12.0. The second-order valence-corrected chi connectivity index (χ2v) is 4.84. The van der Waals surface area contributed by atoms with E-state index in [1.54, 1.807) is 0 Å². The first kappa shape index (κ1) is 13.5. The molecule has 4 nitrogen and oxygen atoms in total. The van der Waals surface area contributed by atoms with Gasteiger partial charge in [-0.25, -0.2) is 0 Å². The minimum Gasteiger partial charge on any atom is -0.341 e. The van der Waals surface area contributed by atoms with Crippen LogP contribution >= 0.6 is 0 Å². The second-order valence-electron chi connectivity index (χ2n) is 4.84. The number of nitrogens with zero attached hydrogens (tertiary/aromatic N) is 1. The summed E-state index contributed by atoms with van der Waals surface area (Å²) >= 11 is 0. The van der Waals surface area contributed by atoms with Crippen LogP contribution in [0.2, 0.25) is 0 Å². The summed E-state index contributed by atoms with van der Waals surface area (Å²) in [5, 5.41) is 6.17. The normalized spacial score (nSPS) is 19.0. The van der Waals surface area contributed by atoms with Crippen molar-refractivity contribution in [3.8, 4) is 0 Å². The molecule has 0 aliphatic carbocycles. The summed E-state index contributed by atoms with van der Waals surface area (Å²) in [6.07, 6.45) is 3.73. The standard InChI is InChI=1S/C12H25N3O/c1-10(2)12(16)14-11(13-3)6-9-15-7-4-5-8-15/h10-11,13H,4-9H2,1-3H3,(H,14,16)/t11-/m0/s1. The van der Waals surface area contributed by atoms with Crippen molar-refractivity contribution in [1.29, 1.82) is 0 Å². The first-order chi connectivity index (χ1) is 7.63. The van der Waals surface area contributed by atoms with Gasteiger partial charge in [-0.2, -0.15) is 0 Å². The van der Waals surface area contributed by atoms with Crippen LogP contribution in [0.4, 0.5) is 0 Å². The van der Waals surface area contributed by atoms with Crippen molar-refractivity contribution in [2.24, 2.45) is 5.92 Å². The lowest BCUT2D eigenvalue weighted by Crippen LogP contribution is -2.46. The first-order valence-electron chi connectivity index (χ1n) is 6.33. The highest BCUT2D eigenvalue weighted by molar-refractivity contribution is 5.78. The average molecular weight is 227 g/mol. The number of rotatable bonds is 6. The van der Waals surface area contributed by atoms with Crippen molar-refractivity contribution >= 4 is 5.91 Å². The smallest absolute Gasteiger partial charge is 0.223 e. The molecule has 0 bridgehead atoms. The fourth-order valence-electron chi connectivity index (χ4n) is 1.94. The Morgan fingerprint density at radius 2 is 1.94 bits per heavy atom. The van der Waals surface area contributed by atoms with Gasteiger partial charge in [-0.15, -0.1) is 0 Å². The molecule has 1 saturated heterocycles. The molecule has 0 aromatic heterocycles. The van der Waals surface area contributed by atoms with E-state index in [1.165, 1.54) is 25.9 Å². The van der Waals surface area contributed by atoms with Crippen molar-refractivity contribution in [3.63, 3.8) is 0 Å². The topological polar surface area (TPSA) is 44.4 Å². The SMILES string of the molecule is CN[C@H](CCN1CCCC1)NC(=O)C(C)C. The fourth-order valence-corrected chi connectivity index (χ4v) is 1.94. The van der Waals surface area contributed by atoms with Crippen molar-refractivity contribution in [2.45, 2.75) is 39.3 Å². The van der Waals surface area contributed by atoms with Gasteiger partial charge in [-0.3, -0.25) is 4.79 Å². The van der Waals surface area contributed by atoms with E-state index in [9.17, 15) is 4.79 Å². The van der Waals surface area contributed by atoms with Gasteiger partial charge < -0.3 is 15.5 Å². The van der Waals surface area contributed by atoms with Gasteiger partial charge in [0.2, 0.25) is 5.91 Å². The van der Waals surface area contributed by atoms with E-state index in [0.717, 1.165) is 13.0 Å². The molecule has 16 heavy (non-hydrogen) atoms. The van der Waals surface area contributed by atoms with E-state index in [4.69, 9.17) is 0 Å². The number of nitrogens with one attached hydrogen (secondary N) is 2. The Hall–Kier alpha value is -0.610. The molecule has 0 saturated carbocycles. The zero-order valence-electron chi connectivity index (χ0n) is 10.8. The highest BCUT2D eigenvalue weighted by Crippen LogP contribution is 2.08. The van der Waals surface area contributed by atoms with Crippen LogP contribution in [0.25, 0.3) is 0 Å².